The summed E-state index contributed by atoms with van der Waals surface area (Å²) >= 11 is 8.69. The highest BCUT2D eigenvalue weighted by Gasteiger charge is 2.46. The van der Waals surface area contributed by atoms with E-state index in [9.17, 15) is 19.2 Å². The predicted molar refractivity (Wildman–Crippen MR) is 335 cm³/mol. The van der Waals surface area contributed by atoms with Gasteiger partial charge < -0.3 is 26.2 Å². The molecule has 19 heteroatoms. The molecule has 5 saturated carbocycles. The molecule has 5 aliphatic carbocycles. The number of unbranched alkanes of at least 4 members (excludes halogenated alkanes) is 1. The number of carbonyl (C=O) groups excluding carboxylic acids is 4. The highest BCUT2D eigenvalue weighted by atomic mass is 79.9. The first kappa shape index (κ1) is 63.0. The van der Waals surface area contributed by atoms with Crippen LogP contribution in [-0.2, 0) is 19.2 Å². The Bertz CT molecular complexity index is 2480. The van der Waals surface area contributed by atoms with Gasteiger partial charge in [0, 0.05) is 90.9 Å². The van der Waals surface area contributed by atoms with E-state index in [1.54, 1.807) is 38.9 Å². The second-order valence-electron chi connectivity index (χ2n) is 25.3. The Morgan fingerprint density at radius 3 is 1.52 bits per heavy atom. The largest absolute Gasteiger partial charge is 0.356 e. The first-order chi connectivity index (χ1) is 40.1. The normalized spacial score (nSPS) is 29.0. The standard InChI is InChI=1S/C17H22N4OS.C17H24N2OS.C9H12BrNS.C8H13NO.C7H12N2O.C5H13N/c18-11-20-7-6-13-9-21(16(22)14(13)10-20)17-19-8-15(23-17)12-4-2-1-3-5-12;20-16-14-9-5-4-8-13(14)11-19(16)17-18-10-15(21-17)12-6-2-1-3-7-12;10-9-11-6-8(12-9)7-4-2-1-3-5-7;10-8-7-4-2-1-3-6(7)5-9-8;10-7-6-4-8-2-1-5(6)3-9-7;1-3-4-5-6-2/h8,12-14H,1-7,9-10H2;10,12-14H,1-9,11H2;6-7H,1-5H2;6-7H,1-5H2,(H,9,10);5-6,8H,1-4H2,(H,9,10);6H,3-5H2,1-2H3/t2*13-,14-;;6-,7-;5-,6-;/m00.00./s1. The minimum atomic E-state index is -0.0227. The van der Waals surface area contributed by atoms with Crippen molar-refractivity contribution in [3.63, 3.8) is 0 Å². The monoisotopic (exact) mass is 1250 g/mol. The number of hydrogen-bond acceptors (Lipinski definition) is 14. The summed E-state index contributed by atoms with van der Waals surface area (Å²) in [5, 5.41) is 23.0. The molecule has 9 heterocycles. The van der Waals surface area contributed by atoms with Gasteiger partial charge in [-0.15, -0.1) is 34.0 Å². The van der Waals surface area contributed by atoms with Crippen LogP contribution in [0.3, 0.4) is 0 Å². The molecule has 11 aliphatic rings. The molecule has 0 unspecified atom stereocenters. The highest BCUT2D eigenvalue weighted by molar-refractivity contribution is 9.11. The Kier molecular flexibility index (Phi) is 24.8. The second kappa shape index (κ2) is 32.3. The number of amides is 4. The fraction of sp³-hybridized carbons (Fsp3) is 0.778. The first-order valence-corrected chi connectivity index (χ1v) is 35.6. The molecule has 14 rings (SSSR count). The maximum atomic E-state index is 12.7. The van der Waals surface area contributed by atoms with Crippen LogP contribution >= 0.6 is 49.9 Å². The molecule has 8 atom stereocenters. The Labute approximate surface area is 510 Å². The van der Waals surface area contributed by atoms with Gasteiger partial charge in [-0.05, 0) is 161 Å². The summed E-state index contributed by atoms with van der Waals surface area (Å²) in [6.45, 7) is 10.2. The van der Waals surface area contributed by atoms with E-state index in [-0.39, 0.29) is 23.7 Å². The van der Waals surface area contributed by atoms with Gasteiger partial charge in [-0.2, -0.15) is 5.26 Å². The zero-order chi connectivity index (χ0) is 57.2. The van der Waals surface area contributed by atoms with Gasteiger partial charge in [0.15, 0.2) is 20.4 Å². The number of aromatic nitrogens is 3. The van der Waals surface area contributed by atoms with Gasteiger partial charge in [0.2, 0.25) is 23.6 Å². The summed E-state index contributed by atoms with van der Waals surface area (Å²) in [6.07, 6.45) is 43.0. The van der Waals surface area contributed by atoms with Crippen molar-refractivity contribution in [2.45, 2.75) is 198 Å². The van der Waals surface area contributed by atoms with E-state index < -0.39 is 0 Å². The number of carbonyl (C=O) groups is 4. The van der Waals surface area contributed by atoms with Crippen LogP contribution < -0.4 is 31.1 Å². The Morgan fingerprint density at radius 2 is 1.04 bits per heavy atom. The summed E-state index contributed by atoms with van der Waals surface area (Å²) in [6, 6.07) is 0. The maximum absolute atomic E-state index is 12.7. The van der Waals surface area contributed by atoms with Gasteiger partial charge in [0.05, 0.1) is 11.8 Å². The van der Waals surface area contributed by atoms with Crippen molar-refractivity contribution in [1.82, 2.24) is 41.1 Å². The van der Waals surface area contributed by atoms with Crippen molar-refractivity contribution >= 4 is 83.8 Å². The third-order valence-electron chi connectivity index (χ3n) is 19.9. The average molecular weight is 1250 g/mol. The Morgan fingerprint density at radius 1 is 0.561 bits per heavy atom. The van der Waals surface area contributed by atoms with Gasteiger partial charge in [0.1, 0.15) is 0 Å². The lowest BCUT2D eigenvalue weighted by Gasteiger charge is -2.28. The summed E-state index contributed by atoms with van der Waals surface area (Å²) in [4.78, 5) is 70.7. The van der Waals surface area contributed by atoms with Crippen LogP contribution in [0, 0.1) is 58.8 Å². The molecular formula is C63H96BrN11O4S3. The van der Waals surface area contributed by atoms with Gasteiger partial charge in [-0.1, -0.05) is 96.8 Å². The summed E-state index contributed by atoms with van der Waals surface area (Å²) in [7, 11) is 1.98. The molecule has 0 bridgehead atoms. The lowest BCUT2D eigenvalue weighted by Crippen LogP contribution is -2.39. The molecule has 3 aromatic rings. The molecule has 6 saturated heterocycles. The number of piperidine rings is 2. The number of fused-ring (bicyclic) bond motifs is 4. The van der Waals surface area contributed by atoms with Crippen LogP contribution in [0.15, 0.2) is 22.5 Å². The number of hydrogen-bond donors (Lipinski definition) is 4. The minimum Gasteiger partial charge on any atom is -0.356 e. The first-order valence-electron chi connectivity index (χ1n) is 32.3. The van der Waals surface area contributed by atoms with Crippen LogP contribution in [0.25, 0.3) is 0 Å². The van der Waals surface area contributed by atoms with Gasteiger partial charge in [0.25, 0.3) is 0 Å². The number of nitriles is 1. The molecular weight excluding hydrogens is 1150 g/mol. The number of halogens is 1. The molecule has 0 aromatic carbocycles. The molecule has 15 nitrogen and oxygen atoms in total. The van der Waals surface area contributed by atoms with Crippen molar-refractivity contribution in [2.24, 2.45) is 47.3 Å². The second-order valence-corrected chi connectivity index (χ2v) is 29.7. The molecule has 452 valence electrons. The molecule has 0 radical (unpaired) electrons. The lowest BCUT2D eigenvalue weighted by atomic mass is 9.81. The van der Waals surface area contributed by atoms with Gasteiger partial charge in [-0.3, -0.25) is 29.0 Å². The van der Waals surface area contributed by atoms with Crippen LogP contribution in [0.4, 0.5) is 10.3 Å². The third kappa shape index (κ3) is 16.9. The number of rotatable bonds is 8. The number of thiazole rings is 3. The smallest absolute Gasteiger partial charge is 0.234 e. The van der Waals surface area contributed by atoms with Crippen molar-refractivity contribution in [1.29, 1.82) is 5.26 Å². The summed E-state index contributed by atoms with van der Waals surface area (Å²) in [5.41, 5.74) is 0. The van der Waals surface area contributed by atoms with E-state index in [1.807, 2.05) is 35.4 Å². The number of anilines is 2. The van der Waals surface area contributed by atoms with Crippen LogP contribution in [0.5, 0.6) is 0 Å². The molecule has 3 aromatic heterocycles. The van der Waals surface area contributed by atoms with Crippen LogP contribution in [-0.4, -0.2) is 109 Å². The van der Waals surface area contributed by atoms with Crippen molar-refractivity contribution < 1.29 is 19.2 Å². The molecule has 4 N–H and O–H groups in total. The van der Waals surface area contributed by atoms with E-state index >= 15 is 0 Å². The van der Waals surface area contributed by atoms with E-state index in [0.29, 0.717) is 65.7 Å². The quantitative estimate of drug-likeness (QED) is 0.124. The van der Waals surface area contributed by atoms with Crippen molar-refractivity contribution in [3.05, 3.63) is 37.1 Å². The van der Waals surface area contributed by atoms with E-state index in [0.717, 1.165) is 98.1 Å². The van der Waals surface area contributed by atoms with E-state index in [4.69, 9.17) is 5.26 Å². The summed E-state index contributed by atoms with van der Waals surface area (Å²) < 4.78 is 1.03. The van der Waals surface area contributed by atoms with Gasteiger partial charge >= 0.3 is 0 Å². The van der Waals surface area contributed by atoms with Crippen LogP contribution in [0.2, 0.25) is 0 Å². The SMILES string of the molecule is Brc1ncc(C2CCCCC2)s1.CCCCNC.N#CN1CC[C@H]2CN(c3ncc(C4CCCCC4)s3)C(=O)[C@H]2C1.O=C1NC[C@@H]2CCCC[C@H]12.O=C1NC[C@@H]2CCNC[C@H]12.O=C1[C@H]2CCCC[C@H]2CN1c1ncc(C2CCCCC2)s1. The topological polar surface area (TPSA) is 189 Å². The van der Waals surface area contributed by atoms with E-state index in [2.05, 4.69) is 65.3 Å². The molecule has 0 spiro atoms. The average Bonchev–Trinajstić information content (AvgIpc) is 4.63. The van der Waals surface area contributed by atoms with Crippen molar-refractivity contribution in [3.8, 4) is 6.19 Å². The fourth-order valence-electron chi connectivity index (χ4n) is 14.9. The molecule has 11 fully saturated rings. The Hall–Kier alpha value is -3.54. The predicted octanol–water partition coefficient (Wildman–Crippen LogP) is 12.5. The lowest BCUT2D eigenvalue weighted by molar-refractivity contribution is -0.124. The van der Waals surface area contributed by atoms with Crippen LogP contribution in [0.1, 0.15) is 213 Å². The number of nitrogens with one attached hydrogen (secondary N) is 4. The highest BCUT2D eigenvalue weighted by Crippen LogP contribution is 2.44. The molecule has 4 amide bonds. The number of likely N-dealkylation sites (tertiary alicyclic amines) is 1. The maximum Gasteiger partial charge on any atom is 0.234 e. The van der Waals surface area contributed by atoms with E-state index in [1.165, 1.54) is 162 Å². The van der Waals surface area contributed by atoms with Crippen molar-refractivity contribution in [2.75, 3.05) is 75.8 Å². The minimum absolute atomic E-state index is 0.0227. The third-order valence-corrected chi connectivity index (χ3v) is 23.9. The zero-order valence-electron chi connectivity index (χ0n) is 49.4. The molecule has 6 aliphatic heterocycles. The zero-order valence-corrected chi connectivity index (χ0v) is 53.4. The number of nitrogens with zero attached hydrogens (tertiary/aromatic N) is 7. The van der Waals surface area contributed by atoms with Gasteiger partial charge in [-0.25, -0.2) is 15.0 Å². The summed E-state index contributed by atoms with van der Waals surface area (Å²) in [5.74, 6) is 6.42. The Balaban J connectivity index is 0.000000125. The molecule has 82 heavy (non-hydrogen) atoms. The fourth-order valence-corrected chi connectivity index (χ4v) is 18.5.